The topological polar surface area (TPSA) is 39.1 Å². The van der Waals surface area contributed by atoms with Gasteiger partial charge in [0.25, 0.3) is 0 Å². The van der Waals surface area contributed by atoms with Crippen molar-refractivity contribution in [2.24, 2.45) is 0 Å². The highest BCUT2D eigenvalue weighted by atomic mass is 16.5. The van der Waals surface area contributed by atoms with Crippen LogP contribution >= 0.6 is 0 Å². The van der Waals surface area contributed by atoms with Crippen LogP contribution < -0.4 is 5.32 Å². The Hall–Kier alpha value is -0.870. The predicted molar refractivity (Wildman–Crippen MR) is 74.6 cm³/mol. The zero-order valence-electron chi connectivity index (χ0n) is 11.8. The number of aromatic nitrogens is 2. The Morgan fingerprint density at radius 3 is 2.83 bits per heavy atom. The van der Waals surface area contributed by atoms with Gasteiger partial charge in [-0.15, -0.1) is 0 Å². The fourth-order valence-electron chi connectivity index (χ4n) is 1.80. The second-order valence-corrected chi connectivity index (χ2v) is 4.53. The van der Waals surface area contributed by atoms with Gasteiger partial charge in [-0.05, 0) is 25.8 Å². The van der Waals surface area contributed by atoms with Crippen molar-refractivity contribution in [3.8, 4) is 0 Å². The van der Waals surface area contributed by atoms with E-state index in [4.69, 9.17) is 4.74 Å². The first-order valence-electron chi connectivity index (χ1n) is 7.17. The number of nitrogens with zero attached hydrogens (tertiary/aromatic N) is 2. The van der Waals surface area contributed by atoms with Crippen molar-refractivity contribution in [1.82, 2.24) is 14.9 Å². The third-order valence-electron chi connectivity index (χ3n) is 2.83. The van der Waals surface area contributed by atoms with E-state index in [-0.39, 0.29) is 0 Å². The molecule has 1 aromatic heterocycles. The minimum Gasteiger partial charge on any atom is -0.381 e. The summed E-state index contributed by atoms with van der Waals surface area (Å²) in [5.41, 5.74) is 0. The minimum atomic E-state index is 0.849. The van der Waals surface area contributed by atoms with E-state index in [9.17, 15) is 0 Å². The third-order valence-corrected chi connectivity index (χ3v) is 2.83. The molecule has 0 aliphatic rings. The molecule has 0 unspecified atom stereocenters. The van der Waals surface area contributed by atoms with Crippen LogP contribution in [0, 0.1) is 0 Å². The van der Waals surface area contributed by atoms with Crippen molar-refractivity contribution in [3.63, 3.8) is 0 Å². The first-order chi connectivity index (χ1) is 8.88. The highest BCUT2D eigenvalue weighted by Crippen LogP contribution is 1.99. The van der Waals surface area contributed by atoms with Gasteiger partial charge in [0, 0.05) is 32.2 Å². The molecule has 0 amide bonds. The van der Waals surface area contributed by atoms with Crippen LogP contribution in [0.4, 0.5) is 0 Å². The molecule has 0 spiro atoms. The highest BCUT2D eigenvalue weighted by Gasteiger charge is 2.00. The molecule has 4 heteroatoms. The summed E-state index contributed by atoms with van der Waals surface area (Å²) in [7, 11) is 0. The van der Waals surface area contributed by atoms with Crippen molar-refractivity contribution in [2.45, 2.75) is 52.6 Å². The van der Waals surface area contributed by atoms with Crippen LogP contribution in [0.25, 0.3) is 0 Å². The number of unbranched alkanes of at least 4 members (excludes halogenated alkanes) is 1. The maximum Gasteiger partial charge on any atom is 0.122 e. The molecule has 0 aliphatic heterocycles. The molecule has 0 aliphatic carbocycles. The summed E-state index contributed by atoms with van der Waals surface area (Å²) in [4.78, 5) is 4.36. The van der Waals surface area contributed by atoms with Crippen LogP contribution in [0.1, 0.15) is 45.4 Å². The minimum absolute atomic E-state index is 0.849. The number of imidazole rings is 1. The molecule has 0 saturated carbocycles. The van der Waals surface area contributed by atoms with E-state index in [0.717, 1.165) is 51.5 Å². The fraction of sp³-hybridized carbons (Fsp3) is 0.786. The van der Waals surface area contributed by atoms with Gasteiger partial charge in [0.1, 0.15) is 5.82 Å². The Labute approximate surface area is 111 Å². The van der Waals surface area contributed by atoms with Crippen LogP contribution in [0.3, 0.4) is 0 Å². The summed E-state index contributed by atoms with van der Waals surface area (Å²) >= 11 is 0. The second-order valence-electron chi connectivity index (χ2n) is 4.53. The van der Waals surface area contributed by atoms with Crippen molar-refractivity contribution in [3.05, 3.63) is 18.2 Å². The maximum absolute atomic E-state index is 5.51. The molecule has 0 aromatic carbocycles. The normalized spacial score (nSPS) is 11.0. The lowest BCUT2D eigenvalue weighted by molar-refractivity contribution is 0.128. The molecule has 0 atom stereocenters. The lowest BCUT2D eigenvalue weighted by Gasteiger charge is -2.08. The molecular formula is C14H27N3O. The maximum atomic E-state index is 5.51. The third kappa shape index (κ3) is 6.17. The average Bonchev–Trinajstić information content (AvgIpc) is 2.81. The van der Waals surface area contributed by atoms with Gasteiger partial charge >= 0.3 is 0 Å². The number of rotatable bonds is 11. The number of hydrogen-bond acceptors (Lipinski definition) is 3. The summed E-state index contributed by atoms with van der Waals surface area (Å²) in [6, 6.07) is 0. The summed E-state index contributed by atoms with van der Waals surface area (Å²) < 4.78 is 7.73. The molecule has 0 saturated heterocycles. The summed E-state index contributed by atoms with van der Waals surface area (Å²) in [6.07, 6.45) is 8.52. The van der Waals surface area contributed by atoms with E-state index >= 15 is 0 Å². The van der Waals surface area contributed by atoms with Crippen molar-refractivity contribution < 1.29 is 4.74 Å². The van der Waals surface area contributed by atoms with Gasteiger partial charge in [-0.2, -0.15) is 0 Å². The average molecular weight is 253 g/mol. The van der Waals surface area contributed by atoms with Gasteiger partial charge in [-0.25, -0.2) is 4.98 Å². The quantitative estimate of drug-likeness (QED) is 0.616. The number of aryl methyl sites for hydroxylation is 1. The van der Waals surface area contributed by atoms with E-state index in [1.54, 1.807) is 0 Å². The van der Waals surface area contributed by atoms with Gasteiger partial charge in [0.15, 0.2) is 0 Å². The number of nitrogens with one attached hydrogen (secondary N) is 1. The number of hydrogen-bond donors (Lipinski definition) is 1. The first-order valence-corrected chi connectivity index (χ1v) is 7.17. The smallest absolute Gasteiger partial charge is 0.122 e. The van der Waals surface area contributed by atoms with E-state index in [1.807, 2.05) is 12.4 Å². The van der Waals surface area contributed by atoms with Gasteiger partial charge in [-0.3, -0.25) is 0 Å². The van der Waals surface area contributed by atoms with Crippen LogP contribution in [-0.2, 0) is 17.8 Å². The zero-order chi connectivity index (χ0) is 13.1. The lowest BCUT2D eigenvalue weighted by Crippen LogP contribution is -2.19. The molecule has 1 rings (SSSR count). The van der Waals surface area contributed by atoms with Crippen LogP contribution in [0.15, 0.2) is 12.4 Å². The van der Waals surface area contributed by atoms with Crippen molar-refractivity contribution >= 4 is 0 Å². The summed E-state index contributed by atoms with van der Waals surface area (Å²) in [5.74, 6) is 1.13. The predicted octanol–water partition coefficient (Wildman–Crippen LogP) is 2.59. The van der Waals surface area contributed by atoms with E-state index in [1.165, 1.54) is 12.8 Å². The lowest BCUT2D eigenvalue weighted by atomic mass is 10.3. The molecule has 104 valence electrons. The molecule has 0 bridgehead atoms. The van der Waals surface area contributed by atoms with E-state index in [2.05, 4.69) is 28.7 Å². The van der Waals surface area contributed by atoms with Crippen LogP contribution in [0.2, 0.25) is 0 Å². The molecular weight excluding hydrogens is 226 g/mol. The summed E-state index contributed by atoms with van der Waals surface area (Å²) in [5, 5.41) is 3.41. The molecule has 1 aromatic rings. The molecule has 0 fully saturated rings. The summed E-state index contributed by atoms with van der Waals surface area (Å²) in [6.45, 7) is 9.02. The highest BCUT2D eigenvalue weighted by molar-refractivity contribution is 4.91. The Kier molecular flexibility index (Phi) is 8.51. The molecule has 1 heterocycles. The van der Waals surface area contributed by atoms with Crippen molar-refractivity contribution in [2.75, 3.05) is 19.8 Å². The Morgan fingerprint density at radius 1 is 1.22 bits per heavy atom. The Bertz CT molecular complexity index is 299. The van der Waals surface area contributed by atoms with Crippen LogP contribution in [-0.4, -0.2) is 29.3 Å². The number of ether oxygens (including phenoxy) is 1. The Balaban J connectivity index is 2.01. The van der Waals surface area contributed by atoms with Gasteiger partial charge < -0.3 is 14.6 Å². The molecule has 18 heavy (non-hydrogen) atoms. The molecule has 1 N–H and O–H groups in total. The van der Waals surface area contributed by atoms with Gasteiger partial charge in [0.05, 0.1) is 6.54 Å². The SMILES string of the molecule is CCCCOCCCNCc1nccn1CCC. The zero-order valence-corrected chi connectivity index (χ0v) is 11.8. The largest absolute Gasteiger partial charge is 0.381 e. The second kappa shape index (κ2) is 10.1. The Morgan fingerprint density at radius 2 is 2.06 bits per heavy atom. The van der Waals surface area contributed by atoms with Gasteiger partial charge in [0.2, 0.25) is 0 Å². The standard InChI is InChI=1S/C14H27N3O/c1-3-5-11-18-12-6-7-15-13-14-16-8-10-17(14)9-4-2/h8,10,15H,3-7,9,11-13H2,1-2H3. The van der Waals surface area contributed by atoms with Gasteiger partial charge in [-0.1, -0.05) is 20.3 Å². The first kappa shape index (κ1) is 15.2. The van der Waals surface area contributed by atoms with Crippen LogP contribution in [0.5, 0.6) is 0 Å². The van der Waals surface area contributed by atoms with Crippen molar-refractivity contribution in [1.29, 1.82) is 0 Å². The molecule has 4 nitrogen and oxygen atoms in total. The van der Waals surface area contributed by atoms with E-state index in [0.29, 0.717) is 0 Å². The van der Waals surface area contributed by atoms with E-state index < -0.39 is 0 Å². The molecule has 0 radical (unpaired) electrons. The fourth-order valence-corrected chi connectivity index (χ4v) is 1.80. The monoisotopic (exact) mass is 253 g/mol.